The Labute approximate surface area is 98.0 Å². The molecular weight excluding hydrogens is 200 g/mol. The van der Waals surface area contributed by atoms with Crippen molar-refractivity contribution in [2.24, 2.45) is 11.7 Å². The predicted octanol–water partition coefficient (Wildman–Crippen LogP) is 2.32. The minimum absolute atomic E-state index is 0.488. The molecule has 3 N–H and O–H groups in total. The zero-order valence-electron chi connectivity index (χ0n) is 10.6. The van der Waals surface area contributed by atoms with E-state index in [2.05, 4.69) is 32.2 Å². The number of hydrogen-bond acceptors (Lipinski definition) is 3. The quantitative estimate of drug-likeness (QED) is 0.803. The molecule has 0 aliphatic carbocycles. The van der Waals surface area contributed by atoms with E-state index in [0.29, 0.717) is 12.5 Å². The number of methoxy groups -OCH3 is 1. The molecular formula is C13H22N2O. The lowest BCUT2D eigenvalue weighted by Crippen LogP contribution is -2.20. The third-order valence-electron chi connectivity index (χ3n) is 3.00. The predicted molar refractivity (Wildman–Crippen MR) is 69.2 cm³/mol. The smallest absolute Gasteiger partial charge is 0.122 e. The van der Waals surface area contributed by atoms with E-state index in [4.69, 9.17) is 10.5 Å². The Morgan fingerprint density at radius 1 is 1.31 bits per heavy atom. The number of ether oxygens (including phenoxy) is 1. The summed E-state index contributed by atoms with van der Waals surface area (Å²) in [5.74, 6) is 1.43. The van der Waals surface area contributed by atoms with Crippen LogP contribution in [0, 0.1) is 19.8 Å². The van der Waals surface area contributed by atoms with E-state index in [9.17, 15) is 0 Å². The number of rotatable bonds is 5. The first-order valence-corrected chi connectivity index (χ1v) is 5.68. The Morgan fingerprint density at radius 2 is 2.00 bits per heavy atom. The van der Waals surface area contributed by atoms with E-state index in [1.54, 1.807) is 7.11 Å². The fraction of sp³-hybridized carbons (Fsp3) is 0.538. The monoisotopic (exact) mass is 222 g/mol. The SMILES string of the molecule is COc1ccc(NCC(C)CN)c(C)c1C. The fourth-order valence-electron chi connectivity index (χ4n) is 1.58. The zero-order valence-corrected chi connectivity index (χ0v) is 10.6. The lowest BCUT2D eigenvalue weighted by Gasteiger charge is -2.16. The van der Waals surface area contributed by atoms with E-state index in [1.165, 1.54) is 16.8 Å². The van der Waals surface area contributed by atoms with Crippen LogP contribution in [-0.4, -0.2) is 20.2 Å². The molecule has 1 aromatic carbocycles. The van der Waals surface area contributed by atoms with Crippen molar-refractivity contribution in [3.05, 3.63) is 23.3 Å². The van der Waals surface area contributed by atoms with E-state index in [0.717, 1.165) is 12.3 Å². The third-order valence-corrected chi connectivity index (χ3v) is 3.00. The molecule has 16 heavy (non-hydrogen) atoms. The van der Waals surface area contributed by atoms with Gasteiger partial charge in [-0.05, 0) is 49.6 Å². The molecule has 0 radical (unpaired) electrons. The van der Waals surface area contributed by atoms with Crippen LogP contribution in [0.25, 0.3) is 0 Å². The molecule has 1 rings (SSSR count). The van der Waals surface area contributed by atoms with Gasteiger partial charge in [-0.3, -0.25) is 0 Å². The third kappa shape index (κ3) is 2.89. The molecule has 0 fully saturated rings. The van der Waals surface area contributed by atoms with Gasteiger partial charge in [-0.15, -0.1) is 0 Å². The molecule has 1 aromatic rings. The molecule has 0 bridgehead atoms. The van der Waals surface area contributed by atoms with Gasteiger partial charge >= 0.3 is 0 Å². The first kappa shape index (κ1) is 12.8. The highest BCUT2D eigenvalue weighted by Crippen LogP contribution is 2.27. The van der Waals surface area contributed by atoms with Crippen LogP contribution in [-0.2, 0) is 0 Å². The molecule has 0 saturated carbocycles. The molecule has 0 spiro atoms. The largest absolute Gasteiger partial charge is 0.496 e. The van der Waals surface area contributed by atoms with Crippen molar-refractivity contribution in [3.8, 4) is 5.75 Å². The number of anilines is 1. The van der Waals surface area contributed by atoms with Crippen LogP contribution < -0.4 is 15.8 Å². The Balaban J connectivity index is 2.78. The van der Waals surface area contributed by atoms with Gasteiger partial charge in [0.1, 0.15) is 5.75 Å². The summed E-state index contributed by atoms with van der Waals surface area (Å²) < 4.78 is 5.28. The van der Waals surface area contributed by atoms with Crippen molar-refractivity contribution in [1.82, 2.24) is 0 Å². The normalized spacial score (nSPS) is 12.3. The van der Waals surface area contributed by atoms with Crippen molar-refractivity contribution in [1.29, 1.82) is 0 Å². The van der Waals surface area contributed by atoms with Crippen LogP contribution in [0.2, 0.25) is 0 Å². The van der Waals surface area contributed by atoms with Gasteiger partial charge in [0.25, 0.3) is 0 Å². The Bertz CT molecular complexity index is 350. The summed E-state index contributed by atoms with van der Waals surface area (Å²) in [5.41, 5.74) is 9.18. The van der Waals surface area contributed by atoms with Gasteiger partial charge in [-0.25, -0.2) is 0 Å². The van der Waals surface area contributed by atoms with E-state index < -0.39 is 0 Å². The molecule has 0 amide bonds. The first-order valence-electron chi connectivity index (χ1n) is 5.68. The molecule has 0 aliphatic heterocycles. The van der Waals surface area contributed by atoms with Gasteiger partial charge in [0.15, 0.2) is 0 Å². The molecule has 0 aliphatic rings. The Morgan fingerprint density at radius 3 is 2.56 bits per heavy atom. The highest BCUT2D eigenvalue weighted by Gasteiger charge is 2.07. The summed E-state index contributed by atoms with van der Waals surface area (Å²) in [6.45, 7) is 7.93. The van der Waals surface area contributed by atoms with Crippen LogP contribution in [0.5, 0.6) is 5.75 Å². The highest BCUT2D eigenvalue weighted by atomic mass is 16.5. The van der Waals surface area contributed by atoms with Crippen LogP contribution in [0.15, 0.2) is 12.1 Å². The first-order chi connectivity index (χ1) is 7.60. The Kier molecular flexibility index (Phi) is 4.62. The van der Waals surface area contributed by atoms with Crippen LogP contribution in [0.1, 0.15) is 18.1 Å². The van der Waals surface area contributed by atoms with Crippen molar-refractivity contribution < 1.29 is 4.74 Å². The molecule has 0 saturated heterocycles. The van der Waals surface area contributed by atoms with E-state index >= 15 is 0 Å². The average Bonchev–Trinajstić information content (AvgIpc) is 2.30. The van der Waals surface area contributed by atoms with Gasteiger partial charge in [-0.1, -0.05) is 6.92 Å². The second-order valence-corrected chi connectivity index (χ2v) is 4.29. The molecule has 3 heteroatoms. The minimum atomic E-state index is 0.488. The van der Waals surface area contributed by atoms with Gasteiger partial charge in [-0.2, -0.15) is 0 Å². The summed E-state index contributed by atoms with van der Waals surface area (Å²) in [7, 11) is 1.70. The molecule has 1 unspecified atom stereocenters. The van der Waals surface area contributed by atoms with Crippen LogP contribution in [0.4, 0.5) is 5.69 Å². The average molecular weight is 222 g/mol. The summed E-state index contributed by atoms with van der Waals surface area (Å²) in [5, 5.41) is 3.42. The lowest BCUT2D eigenvalue weighted by atomic mass is 10.1. The van der Waals surface area contributed by atoms with Crippen molar-refractivity contribution in [3.63, 3.8) is 0 Å². The number of hydrogen-bond donors (Lipinski definition) is 2. The summed E-state index contributed by atoms with van der Waals surface area (Å²) in [4.78, 5) is 0. The van der Waals surface area contributed by atoms with Crippen molar-refractivity contribution >= 4 is 5.69 Å². The standard InChI is InChI=1S/C13H22N2O/c1-9(7-14)8-15-12-5-6-13(16-4)11(3)10(12)2/h5-6,9,15H,7-8,14H2,1-4H3. The summed E-state index contributed by atoms with van der Waals surface area (Å²) in [6, 6.07) is 4.06. The summed E-state index contributed by atoms with van der Waals surface area (Å²) >= 11 is 0. The van der Waals surface area contributed by atoms with Crippen LogP contribution in [0.3, 0.4) is 0 Å². The second kappa shape index (κ2) is 5.75. The molecule has 3 nitrogen and oxygen atoms in total. The maximum absolute atomic E-state index is 5.59. The second-order valence-electron chi connectivity index (χ2n) is 4.29. The van der Waals surface area contributed by atoms with Crippen molar-refractivity contribution in [2.75, 3.05) is 25.5 Å². The lowest BCUT2D eigenvalue weighted by molar-refractivity contribution is 0.411. The maximum atomic E-state index is 5.59. The van der Waals surface area contributed by atoms with E-state index in [1.807, 2.05) is 6.07 Å². The van der Waals surface area contributed by atoms with Crippen molar-refractivity contribution in [2.45, 2.75) is 20.8 Å². The topological polar surface area (TPSA) is 47.3 Å². The molecule has 0 heterocycles. The number of nitrogens with two attached hydrogens (primary N) is 1. The number of nitrogens with one attached hydrogen (secondary N) is 1. The van der Waals surface area contributed by atoms with Crippen LogP contribution >= 0.6 is 0 Å². The van der Waals surface area contributed by atoms with Gasteiger partial charge in [0.05, 0.1) is 7.11 Å². The van der Waals surface area contributed by atoms with Gasteiger partial charge in [0, 0.05) is 12.2 Å². The van der Waals surface area contributed by atoms with Gasteiger partial charge in [0.2, 0.25) is 0 Å². The van der Waals surface area contributed by atoms with Gasteiger partial charge < -0.3 is 15.8 Å². The fourth-order valence-corrected chi connectivity index (χ4v) is 1.58. The minimum Gasteiger partial charge on any atom is -0.496 e. The van der Waals surface area contributed by atoms with E-state index in [-0.39, 0.29) is 0 Å². The molecule has 0 aromatic heterocycles. The molecule has 90 valence electrons. The maximum Gasteiger partial charge on any atom is 0.122 e. The number of benzene rings is 1. The zero-order chi connectivity index (χ0) is 12.1. The summed E-state index contributed by atoms with van der Waals surface area (Å²) in [6.07, 6.45) is 0. The highest BCUT2D eigenvalue weighted by molar-refractivity contribution is 5.58. The Hall–Kier alpha value is -1.22. The molecule has 1 atom stereocenters.